The van der Waals surface area contributed by atoms with Crippen LogP contribution < -0.4 is 15.4 Å². The summed E-state index contributed by atoms with van der Waals surface area (Å²) >= 11 is 0. The van der Waals surface area contributed by atoms with Gasteiger partial charge in [-0.15, -0.1) is 0 Å². The van der Waals surface area contributed by atoms with Gasteiger partial charge < -0.3 is 20.4 Å². The summed E-state index contributed by atoms with van der Waals surface area (Å²) in [4.78, 5) is 28.3. The van der Waals surface area contributed by atoms with Gasteiger partial charge in [-0.3, -0.25) is 9.59 Å². The van der Waals surface area contributed by atoms with E-state index in [4.69, 9.17) is 4.74 Å². The van der Waals surface area contributed by atoms with Crippen LogP contribution in [0, 0.1) is 0 Å². The number of ether oxygens (including phenoxy) is 1. The molecule has 1 heterocycles. The van der Waals surface area contributed by atoms with E-state index >= 15 is 0 Å². The van der Waals surface area contributed by atoms with Gasteiger partial charge in [0.2, 0.25) is 5.91 Å². The number of hydrogen-bond donors (Lipinski definition) is 3. The van der Waals surface area contributed by atoms with Gasteiger partial charge in [0.15, 0.2) is 0 Å². The van der Waals surface area contributed by atoms with E-state index in [1.807, 2.05) is 30.3 Å². The highest BCUT2D eigenvalue weighted by atomic mass is 16.5. The van der Waals surface area contributed by atoms with E-state index in [1.165, 1.54) is 24.1 Å². The molecule has 0 spiro atoms. The number of fused-ring (bicyclic) bond motifs is 3. The molecule has 150 valence electrons. The van der Waals surface area contributed by atoms with Crippen molar-refractivity contribution >= 4 is 22.7 Å². The third kappa shape index (κ3) is 4.11. The van der Waals surface area contributed by atoms with Crippen LogP contribution in [0.5, 0.6) is 5.75 Å². The van der Waals surface area contributed by atoms with Crippen molar-refractivity contribution in [1.82, 2.24) is 15.6 Å². The highest BCUT2D eigenvalue weighted by Crippen LogP contribution is 2.30. The largest absolute Gasteiger partial charge is 0.497 e. The molecule has 0 saturated carbocycles. The molecular formula is C23H25N3O3. The molecule has 3 aromatic rings. The van der Waals surface area contributed by atoms with Crippen LogP contribution in [0.1, 0.15) is 40.0 Å². The lowest BCUT2D eigenvalue weighted by Gasteiger charge is -2.10. The molecule has 0 saturated heterocycles. The zero-order valence-corrected chi connectivity index (χ0v) is 16.5. The van der Waals surface area contributed by atoms with Crippen molar-refractivity contribution in [2.75, 3.05) is 13.7 Å². The molecule has 1 aliphatic rings. The summed E-state index contributed by atoms with van der Waals surface area (Å²) in [5.41, 5.74) is 4.99. The van der Waals surface area contributed by atoms with Crippen molar-refractivity contribution in [3.8, 4) is 5.75 Å². The van der Waals surface area contributed by atoms with Crippen LogP contribution in [0.15, 0.2) is 42.5 Å². The number of aromatic nitrogens is 1. The monoisotopic (exact) mass is 391 g/mol. The highest BCUT2D eigenvalue weighted by Gasteiger charge is 2.19. The van der Waals surface area contributed by atoms with E-state index in [1.54, 1.807) is 13.2 Å². The third-order valence-electron chi connectivity index (χ3n) is 5.44. The maximum atomic E-state index is 12.7. The topological polar surface area (TPSA) is 83.2 Å². The third-order valence-corrected chi connectivity index (χ3v) is 5.44. The lowest BCUT2D eigenvalue weighted by molar-refractivity contribution is -0.120. The van der Waals surface area contributed by atoms with Crippen LogP contribution in [0.4, 0.5) is 0 Å². The lowest BCUT2D eigenvalue weighted by atomic mass is 9.95. The Hall–Kier alpha value is -3.28. The molecule has 2 aromatic carbocycles. The summed E-state index contributed by atoms with van der Waals surface area (Å²) in [5.74, 6) is 0.299. The summed E-state index contributed by atoms with van der Waals surface area (Å²) < 4.78 is 5.12. The Morgan fingerprint density at radius 2 is 1.83 bits per heavy atom. The van der Waals surface area contributed by atoms with Gasteiger partial charge in [-0.1, -0.05) is 24.3 Å². The Balaban J connectivity index is 1.36. The molecule has 0 radical (unpaired) electrons. The van der Waals surface area contributed by atoms with Crippen LogP contribution in [0.2, 0.25) is 0 Å². The van der Waals surface area contributed by atoms with Crippen molar-refractivity contribution in [2.45, 2.75) is 32.2 Å². The molecule has 0 bridgehead atoms. The minimum atomic E-state index is -0.242. The van der Waals surface area contributed by atoms with E-state index < -0.39 is 0 Å². The molecule has 3 N–H and O–H groups in total. The van der Waals surface area contributed by atoms with Gasteiger partial charge in [0, 0.05) is 17.6 Å². The molecule has 0 unspecified atom stereocenters. The zero-order valence-electron chi connectivity index (χ0n) is 16.5. The van der Waals surface area contributed by atoms with Gasteiger partial charge in [0.1, 0.15) is 5.75 Å². The number of carbonyl (C=O) groups is 2. The molecule has 6 heteroatoms. The predicted octanol–water partition coefficient (Wildman–Crippen LogP) is 3.10. The molecule has 29 heavy (non-hydrogen) atoms. The summed E-state index contributed by atoms with van der Waals surface area (Å²) in [5, 5.41) is 6.67. The van der Waals surface area contributed by atoms with Gasteiger partial charge in [-0.05, 0) is 55.0 Å². The zero-order chi connectivity index (χ0) is 20.2. The number of para-hydroxylation sites is 1. The number of rotatable bonds is 6. The second kappa shape index (κ2) is 8.39. The minimum absolute atomic E-state index is 0.0637. The molecule has 4 rings (SSSR count). The molecule has 6 nitrogen and oxygen atoms in total. The minimum Gasteiger partial charge on any atom is -0.497 e. The smallest absolute Gasteiger partial charge is 0.253 e. The number of amides is 2. The molecule has 2 amide bonds. The van der Waals surface area contributed by atoms with Gasteiger partial charge >= 0.3 is 0 Å². The first-order chi connectivity index (χ1) is 14.2. The van der Waals surface area contributed by atoms with Crippen LogP contribution in [0.3, 0.4) is 0 Å². The van der Waals surface area contributed by atoms with Gasteiger partial charge in [0.25, 0.3) is 5.91 Å². The summed E-state index contributed by atoms with van der Waals surface area (Å²) in [6, 6.07) is 13.3. The first-order valence-electron chi connectivity index (χ1n) is 9.96. The highest BCUT2D eigenvalue weighted by molar-refractivity contribution is 6.07. The first kappa shape index (κ1) is 19.1. The van der Waals surface area contributed by atoms with Crippen molar-refractivity contribution in [1.29, 1.82) is 0 Å². The number of H-pyrrole nitrogens is 1. The van der Waals surface area contributed by atoms with Crippen LogP contribution in [0.25, 0.3) is 10.9 Å². The lowest BCUT2D eigenvalue weighted by Crippen LogP contribution is -2.36. The van der Waals surface area contributed by atoms with E-state index in [0.29, 0.717) is 12.1 Å². The van der Waals surface area contributed by atoms with E-state index in [9.17, 15) is 9.59 Å². The fourth-order valence-corrected chi connectivity index (χ4v) is 3.88. The van der Waals surface area contributed by atoms with E-state index in [0.717, 1.165) is 35.1 Å². The van der Waals surface area contributed by atoms with Gasteiger partial charge in [-0.25, -0.2) is 0 Å². The first-order valence-corrected chi connectivity index (χ1v) is 9.96. The number of hydrogen-bond acceptors (Lipinski definition) is 3. The Bertz CT molecular complexity index is 1040. The second-order valence-corrected chi connectivity index (χ2v) is 7.32. The van der Waals surface area contributed by atoms with Gasteiger partial charge in [0.05, 0.1) is 24.7 Å². The molecule has 0 aliphatic heterocycles. The number of carbonyl (C=O) groups excluding carboxylic acids is 2. The van der Waals surface area contributed by atoms with Gasteiger partial charge in [-0.2, -0.15) is 0 Å². The van der Waals surface area contributed by atoms with Crippen molar-refractivity contribution < 1.29 is 14.3 Å². The molecule has 1 aliphatic carbocycles. The van der Waals surface area contributed by atoms with Crippen molar-refractivity contribution in [2.24, 2.45) is 0 Å². The number of benzene rings is 2. The average Bonchev–Trinajstić information content (AvgIpc) is 3.15. The summed E-state index contributed by atoms with van der Waals surface area (Å²) in [7, 11) is 1.61. The Morgan fingerprint density at radius 3 is 2.62 bits per heavy atom. The second-order valence-electron chi connectivity index (χ2n) is 7.32. The Labute approximate surface area is 169 Å². The normalized spacial score (nSPS) is 13.0. The SMILES string of the molecule is COc1ccc(CNC(=O)CNC(=O)c2cccc3c4c([nH]c23)CCCC4)cc1. The van der Waals surface area contributed by atoms with Crippen molar-refractivity contribution in [3.05, 3.63) is 64.8 Å². The number of aromatic amines is 1. The fourth-order valence-electron chi connectivity index (χ4n) is 3.88. The quantitative estimate of drug-likeness (QED) is 0.604. The summed E-state index contributed by atoms with van der Waals surface area (Å²) in [6.07, 6.45) is 4.44. The summed E-state index contributed by atoms with van der Waals surface area (Å²) in [6.45, 7) is 0.337. The molecule has 0 fully saturated rings. The predicted molar refractivity (Wildman–Crippen MR) is 112 cm³/mol. The Kier molecular flexibility index (Phi) is 5.51. The number of aryl methyl sites for hydroxylation is 2. The molecule has 1 aromatic heterocycles. The standard InChI is InChI=1S/C23H25N3O3/c1-29-16-11-9-15(10-12-16)13-24-21(27)14-25-23(28)19-7-4-6-18-17-5-2-3-8-20(17)26-22(18)19/h4,6-7,9-12,26H,2-3,5,8,13-14H2,1H3,(H,24,27)(H,25,28). The Morgan fingerprint density at radius 1 is 1.03 bits per heavy atom. The number of nitrogens with one attached hydrogen (secondary N) is 3. The van der Waals surface area contributed by atoms with Crippen LogP contribution in [-0.4, -0.2) is 30.5 Å². The number of methoxy groups -OCH3 is 1. The fraction of sp³-hybridized carbons (Fsp3) is 0.304. The average molecular weight is 391 g/mol. The van der Waals surface area contributed by atoms with Crippen molar-refractivity contribution in [3.63, 3.8) is 0 Å². The van der Waals surface area contributed by atoms with E-state index in [2.05, 4.69) is 21.7 Å². The maximum Gasteiger partial charge on any atom is 0.253 e. The maximum absolute atomic E-state index is 12.7. The van der Waals surface area contributed by atoms with Crippen LogP contribution >= 0.6 is 0 Å². The van der Waals surface area contributed by atoms with E-state index in [-0.39, 0.29) is 18.4 Å². The molecule has 0 atom stereocenters. The van der Waals surface area contributed by atoms with Crippen LogP contribution in [-0.2, 0) is 24.2 Å². The molecular weight excluding hydrogens is 366 g/mol.